The molecule has 3 nitrogen and oxygen atoms in total. The molecular formula is C13H18N2OS. The molecule has 1 atom stereocenters. The molecule has 1 amide bonds. The summed E-state index contributed by atoms with van der Waals surface area (Å²) in [6, 6.07) is 6.31. The zero-order chi connectivity index (χ0) is 12.4. The monoisotopic (exact) mass is 250 g/mol. The first-order valence-electron chi connectivity index (χ1n) is 5.98. The Kier molecular flexibility index (Phi) is 3.74. The van der Waals surface area contributed by atoms with Crippen molar-refractivity contribution in [3.05, 3.63) is 23.8 Å². The molecule has 1 unspecified atom stereocenters. The van der Waals surface area contributed by atoms with Gasteiger partial charge in [-0.3, -0.25) is 4.79 Å². The molecule has 0 spiro atoms. The van der Waals surface area contributed by atoms with E-state index in [0.717, 1.165) is 18.7 Å². The predicted molar refractivity (Wildman–Crippen MR) is 72.5 cm³/mol. The molecule has 0 aliphatic carbocycles. The van der Waals surface area contributed by atoms with Gasteiger partial charge in [0.15, 0.2) is 0 Å². The number of carbonyl (C=O) groups is 1. The van der Waals surface area contributed by atoms with Gasteiger partial charge in [0.1, 0.15) is 0 Å². The van der Waals surface area contributed by atoms with E-state index in [1.807, 2.05) is 18.7 Å². The second kappa shape index (κ2) is 5.10. The summed E-state index contributed by atoms with van der Waals surface area (Å²) >= 11 is 1.64. The van der Waals surface area contributed by atoms with Gasteiger partial charge in [0.2, 0.25) is 5.91 Å². The van der Waals surface area contributed by atoms with Gasteiger partial charge in [-0.2, -0.15) is 0 Å². The number of hydrogen-bond acceptors (Lipinski definition) is 3. The van der Waals surface area contributed by atoms with Crippen LogP contribution in [0.1, 0.15) is 19.4 Å². The Morgan fingerprint density at radius 1 is 1.47 bits per heavy atom. The second-order valence-electron chi connectivity index (χ2n) is 4.18. The molecule has 0 saturated heterocycles. The number of amides is 1. The maximum atomic E-state index is 12.1. The zero-order valence-electron chi connectivity index (χ0n) is 10.3. The van der Waals surface area contributed by atoms with Crippen LogP contribution in [0.25, 0.3) is 0 Å². The summed E-state index contributed by atoms with van der Waals surface area (Å²) in [5.41, 5.74) is 7.82. The van der Waals surface area contributed by atoms with Crippen molar-refractivity contribution in [1.29, 1.82) is 0 Å². The van der Waals surface area contributed by atoms with Crippen LogP contribution in [0, 0.1) is 0 Å². The molecule has 1 aliphatic heterocycles. The van der Waals surface area contributed by atoms with Crippen LogP contribution in [0.5, 0.6) is 0 Å². The van der Waals surface area contributed by atoms with E-state index in [-0.39, 0.29) is 11.2 Å². The van der Waals surface area contributed by atoms with Gasteiger partial charge in [-0.1, -0.05) is 6.07 Å². The minimum atomic E-state index is 0.0165. The Labute approximate surface area is 106 Å². The van der Waals surface area contributed by atoms with E-state index in [1.54, 1.807) is 11.8 Å². The van der Waals surface area contributed by atoms with E-state index >= 15 is 0 Å². The SMILES string of the molecule is CCN1C(=O)C(C)Sc2ccc(CCN)cc21. The molecular weight excluding hydrogens is 232 g/mol. The van der Waals surface area contributed by atoms with Crippen molar-refractivity contribution in [3.63, 3.8) is 0 Å². The fourth-order valence-corrected chi connectivity index (χ4v) is 3.15. The summed E-state index contributed by atoms with van der Waals surface area (Å²) in [5, 5.41) is 0.0165. The summed E-state index contributed by atoms with van der Waals surface area (Å²) in [7, 11) is 0. The van der Waals surface area contributed by atoms with E-state index in [0.29, 0.717) is 6.54 Å². The molecule has 1 aromatic rings. The number of benzene rings is 1. The number of thioether (sulfide) groups is 1. The maximum Gasteiger partial charge on any atom is 0.240 e. The highest BCUT2D eigenvalue weighted by Crippen LogP contribution is 2.39. The quantitative estimate of drug-likeness (QED) is 0.893. The molecule has 1 heterocycles. The van der Waals surface area contributed by atoms with Gasteiger partial charge in [0.05, 0.1) is 10.9 Å². The first kappa shape index (κ1) is 12.5. The Balaban J connectivity index is 2.41. The molecule has 0 aromatic heterocycles. The number of rotatable bonds is 3. The summed E-state index contributed by atoms with van der Waals surface area (Å²) < 4.78 is 0. The van der Waals surface area contributed by atoms with E-state index in [4.69, 9.17) is 5.73 Å². The highest BCUT2D eigenvalue weighted by molar-refractivity contribution is 8.00. The van der Waals surface area contributed by atoms with Crippen molar-refractivity contribution in [1.82, 2.24) is 0 Å². The van der Waals surface area contributed by atoms with Crippen molar-refractivity contribution in [2.45, 2.75) is 30.4 Å². The number of fused-ring (bicyclic) bond motifs is 1. The lowest BCUT2D eigenvalue weighted by Crippen LogP contribution is -2.39. The zero-order valence-corrected chi connectivity index (χ0v) is 11.1. The molecule has 0 saturated carbocycles. The summed E-state index contributed by atoms with van der Waals surface area (Å²) in [4.78, 5) is 15.1. The lowest BCUT2D eigenvalue weighted by atomic mass is 10.1. The van der Waals surface area contributed by atoms with Crippen molar-refractivity contribution >= 4 is 23.4 Å². The maximum absolute atomic E-state index is 12.1. The smallest absolute Gasteiger partial charge is 0.240 e. The minimum absolute atomic E-state index is 0.0165. The molecule has 1 aliphatic rings. The molecule has 2 N–H and O–H groups in total. The number of hydrogen-bond donors (Lipinski definition) is 1. The van der Waals surface area contributed by atoms with Crippen LogP contribution in [0.2, 0.25) is 0 Å². The van der Waals surface area contributed by atoms with E-state index in [2.05, 4.69) is 18.2 Å². The van der Waals surface area contributed by atoms with Crippen LogP contribution in [0.4, 0.5) is 5.69 Å². The van der Waals surface area contributed by atoms with E-state index in [1.165, 1.54) is 10.5 Å². The van der Waals surface area contributed by atoms with Gasteiger partial charge in [0, 0.05) is 11.4 Å². The minimum Gasteiger partial charge on any atom is -0.330 e. The van der Waals surface area contributed by atoms with Crippen LogP contribution in [0.3, 0.4) is 0 Å². The van der Waals surface area contributed by atoms with Crippen molar-refractivity contribution in [3.8, 4) is 0 Å². The van der Waals surface area contributed by atoms with Crippen LogP contribution >= 0.6 is 11.8 Å². The third kappa shape index (κ3) is 2.33. The van der Waals surface area contributed by atoms with Crippen molar-refractivity contribution in [2.24, 2.45) is 5.73 Å². The van der Waals surface area contributed by atoms with E-state index in [9.17, 15) is 4.79 Å². The first-order valence-corrected chi connectivity index (χ1v) is 6.86. The van der Waals surface area contributed by atoms with Crippen LogP contribution < -0.4 is 10.6 Å². The second-order valence-corrected chi connectivity index (χ2v) is 5.57. The van der Waals surface area contributed by atoms with Crippen LogP contribution in [-0.4, -0.2) is 24.2 Å². The van der Waals surface area contributed by atoms with Crippen molar-refractivity contribution < 1.29 is 4.79 Å². The first-order chi connectivity index (χ1) is 8.17. The third-order valence-corrected chi connectivity index (χ3v) is 4.14. The Bertz CT molecular complexity index is 433. The Morgan fingerprint density at radius 3 is 2.88 bits per heavy atom. The highest BCUT2D eigenvalue weighted by atomic mass is 32.2. The average Bonchev–Trinajstić information content (AvgIpc) is 2.32. The summed E-state index contributed by atoms with van der Waals surface area (Å²) in [5.74, 6) is 0.204. The Hall–Kier alpha value is -1.00. The van der Waals surface area contributed by atoms with E-state index < -0.39 is 0 Å². The normalized spacial score (nSPS) is 19.4. The van der Waals surface area contributed by atoms with Gasteiger partial charge in [-0.05, 0) is 44.5 Å². The van der Waals surface area contributed by atoms with Gasteiger partial charge in [-0.25, -0.2) is 0 Å². The molecule has 2 rings (SSSR count). The predicted octanol–water partition coefficient (Wildman–Crippen LogP) is 2.03. The van der Waals surface area contributed by atoms with Gasteiger partial charge >= 0.3 is 0 Å². The fraction of sp³-hybridized carbons (Fsp3) is 0.462. The standard InChI is InChI=1S/C13H18N2OS/c1-3-15-11-8-10(6-7-14)4-5-12(11)17-9(2)13(15)16/h4-5,8-9H,3,6-7,14H2,1-2H3. The fourth-order valence-electron chi connectivity index (χ4n) is 2.10. The largest absolute Gasteiger partial charge is 0.330 e. The lowest BCUT2D eigenvalue weighted by Gasteiger charge is -2.31. The molecule has 4 heteroatoms. The lowest BCUT2D eigenvalue weighted by molar-refractivity contribution is -0.117. The molecule has 17 heavy (non-hydrogen) atoms. The molecule has 0 fully saturated rings. The highest BCUT2D eigenvalue weighted by Gasteiger charge is 2.29. The summed E-state index contributed by atoms with van der Waals surface area (Å²) in [6.07, 6.45) is 0.860. The molecule has 0 radical (unpaired) electrons. The van der Waals surface area contributed by atoms with Crippen molar-refractivity contribution in [2.75, 3.05) is 18.0 Å². The number of anilines is 1. The van der Waals surface area contributed by atoms with Gasteiger partial charge in [-0.15, -0.1) is 11.8 Å². The average molecular weight is 250 g/mol. The summed E-state index contributed by atoms with van der Waals surface area (Å²) in [6.45, 7) is 5.34. The number of nitrogens with zero attached hydrogens (tertiary/aromatic N) is 1. The molecule has 92 valence electrons. The Morgan fingerprint density at radius 2 is 2.24 bits per heavy atom. The number of carbonyl (C=O) groups excluding carboxylic acids is 1. The van der Waals surface area contributed by atoms with Crippen LogP contribution in [0.15, 0.2) is 23.1 Å². The van der Waals surface area contributed by atoms with Gasteiger partial charge < -0.3 is 10.6 Å². The van der Waals surface area contributed by atoms with Crippen LogP contribution in [-0.2, 0) is 11.2 Å². The topological polar surface area (TPSA) is 46.3 Å². The molecule has 1 aromatic carbocycles. The molecule has 0 bridgehead atoms. The van der Waals surface area contributed by atoms with Gasteiger partial charge in [0.25, 0.3) is 0 Å². The number of nitrogens with two attached hydrogens (primary N) is 1. The third-order valence-electron chi connectivity index (χ3n) is 2.98.